The molecule has 0 aliphatic carbocycles. The summed E-state index contributed by atoms with van der Waals surface area (Å²) in [5, 5.41) is 0. The van der Waals surface area contributed by atoms with Gasteiger partial charge in [-0.05, 0) is 31.0 Å². The number of carbonyl (C=O) groups excluding carboxylic acids is 2. The van der Waals surface area contributed by atoms with Crippen molar-refractivity contribution < 1.29 is 9.59 Å². The maximum atomic E-state index is 13.1. The van der Waals surface area contributed by atoms with Crippen LogP contribution in [-0.4, -0.2) is 34.7 Å². The van der Waals surface area contributed by atoms with Gasteiger partial charge in [-0.15, -0.1) is 11.3 Å². The van der Waals surface area contributed by atoms with Gasteiger partial charge in [0.15, 0.2) is 0 Å². The molecular weight excluding hydrogens is 356 g/mol. The van der Waals surface area contributed by atoms with Gasteiger partial charge in [0.25, 0.3) is 0 Å². The summed E-state index contributed by atoms with van der Waals surface area (Å²) in [4.78, 5) is 31.5. The molecule has 0 bridgehead atoms. The van der Waals surface area contributed by atoms with Crippen LogP contribution in [0.4, 0.5) is 0 Å². The molecule has 1 aromatic carbocycles. The molecule has 1 aromatic heterocycles. The standard InChI is InChI=1S/C22H30N2O2S/c1-5-13-23(22(26)17(2)3)16-21(25)24(14-19-9-7-6-8-10-19)15-20-12-11-18(4)27-20/h6-12,17H,5,13-16H2,1-4H3. The maximum absolute atomic E-state index is 13.1. The van der Waals surface area contributed by atoms with Crippen LogP contribution < -0.4 is 0 Å². The zero-order valence-electron chi connectivity index (χ0n) is 16.8. The summed E-state index contributed by atoms with van der Waals surface area (Å²) in [6.45, 7) is 9.73. The summed E-state index contributed by atoms with van der Waals surface area (Å²) in [6, 6.07) is 14.2. The molecule has 0 saturated heterocycles. The Labute approximate surface area is 166 Å². The van der Waals surface area contributed by atoms with Crippen LogP contribution in [0.25, 0.3) is 0 Å². The van der Waals surface area contributed by atoms with Crippen molar-refractivity contribution >= 4 is 23.2 Å². The lowest BCUT2D eigenvalue weighted by atomic mass is 10.1. The van der Waals surface area contributed by atoms with Gasteiger partial charge in [0.2, 0.25) is 11.8 Å². The van der Waals surface area contributed by atoms with Gasteiger partial charge in [0.1, 0.15) is 0 Å². The number of nitrogens with zero attached hydrogens (tertiary/aromatic N) is 2. The third kappa shape index (κ3) is 6.51. The van der Waals surface area contributed by atoms with Crippen LogP contribution >= 0.6 is 11.3 Å². The van der Waals surface area contributed by atoms with E-state index in [1.54, 1.807) is 16.2 Å². The summed E-state index contributed by atoms with van der Waals surface area (Å²) >= 11 is 1.71. The van der Waals surface area contributed by atoms with Gasteiger partial charge >= 0.3 is 0 Å². The summed E-state index contributed by atoms with van der Waals surface area (Å²) in [6.07, 6.45) is 0.842. The smallest absolute Gasteiger partial charge is 0.242 e. The van der Waals surface area contributed by atoms with Crippen molar-refractivity contribution in [2.24, 2.45) is 5.92 Å². The SMILES string of the molecule is CCCN(CC(=O)N(Cc1ccccc1)Cc1ccc(C)s1)C(=O)C(C)C. The molecular formula is C22H30N2O2S. The van der Waals surface area contributed by atoms with E-state index in [1.807, 2.05) is 56.0 Å². The fourth-order valence-corrected chi connectivity index (χ4v) is 3.87. The van der Waals surface area contributed by atoms with E-state index in [0.717, 1.165) is 16.9 Å². The first-order valence-corrected chi connectivity index (χ1v) is 10.4. The van der Waals surface area contributed by atoms with Crippen LogP contribution in [0, 0.1) is 12.8 Å². The van der Waals surface area contributed by atoms with Crippen LogP contribution in [0.2, 0.25) is 0 Å². The van der Waals surface area contributed by atoms with Crippen molar-refractivity contribution in [3.63, 3.8) is 0 Å². The van der Waals surface area contributed by atoms with E-state index < -0.39 is 0 Å². The van der Waals surface area contributed by atoms with Crippen molar-refractivity contribution in [3.8, 4) is 0 Å². The Hall–Kier alpha value is -2.14. The third-order valence-electron chi connectivity index (χ3n) is 4.34. The molecule has 1 heterocycles. The first kappa shape index (κ1) is 21.2. The first-order chi connectivity index (χ1) is 12.9. The normalized spacial score (nSPS) is 10.9. The van der Waals surface area contributed by atoms with E-state index in [2.05, 4.69) is 19.1 Å². The predicted molar refractivity (Wildman–Crippen MR) is 111 cm³/mol. The van der Waals surface area contributed by atoms with Crippen molar-refractivity contribution in [3.05, 3.63) is 57.8 Å². The molecule has 0 aliphatic heterocycles. The monoisotopic (exact) mass is 386 g/mol. The number of rotatable bonds is 9. The van der Waals surface area contributed by atoms with Gasteiger partial charge in [-0.2, -0.15) is 0 Å². The quantitative estimate of drug-likeness (QED) is 0.637. The Bertz CT molecular complexity index is 740. The number of carbonyl (C=O) groups is 2. The number of hydrogen-bond donors (Lipinski definition) is 0. The van der Waals surface area contributed by atoms with Gasteiger partial charge in [-0.3, -0.25) is 9.59 Å². The molecule has 146 valence electrons. The van der Waals surface area contributed by atoms with Gasteiger partial charge < -0.3 is 9.80 Å². The van der Waals surface area contributed by atoms with E-state index in [1.165, 1.54) is 4.88 Å². The van der Waals surface area contributed by atoms with E-state index in [4.69, 9.17) is 0 Å². The molecule has 2 rings (SSSR count). The molecule has 2 amide bonds. The fourth-order valence-electron chi connectivity index (χ4n) is 2.96. The second kappa shape index (κ2) is 10.3. The molecule has 0 radical (unpaired) electrons. The van der Waals surface area contributed by atoms with Crippen LogP contribution in [0.15, 0.2) is 42.5 Å². The highest BCUT2D eigenvalue weighted by Gasteiger charge is 2.23. The molecule has 0 atom stereocenters. The Morgan fingerprint density at radius 2 is 1.70 bits per heavy atom. The lowest BCUT2D eigenvalue weighted by Gasteiger charge is -2.28. The lowest BCUT2D eigenvalue weighted by Crippen LogP contribution is -2.44. The second-order valence-electron chi connectivity index (χ2n) is 7.16. The molecule has 0 N–H and O–H groups in total. The third-order valence-corrected chi connectivity index (χ3v) is 5.32. The number of aryl methyl sites for hydroxylation is 1. The Kier molecular flexibility index (Phi) is 8.04. The van der Waals surface area contributed by atoms with E-state index in [9.17, 15) is 9.59 Å². The van der Waals surface area contributed by atoms with E-state index in [-0.39, 0.29) is 24.3 Å². The summed E-state index contributed by atoms with van der Waals surface area (Å²) < 4.78 is 0. The molecule has 0 spiro atoms. The second-order valence-corrected chi connectivity index (χ2v) is 8.53. The highest BCUT2D eigenvalue weighted by molar-refractivity contribution is 7.11. The lowest BCUT2D eigenvalue weighted by molar-refractivity contribution is -0.143. The number of amides is 2. The molecule has 0 unspecified atom stereocenters. The highest BCUT2D eigenvalue weighted by Crippen LogP contribution is 2.19. The minimum absolute atomic E-state index is 0.00708. The van der Waals surface area contributed by atoms with Crippen molar-refractivity contribution in [1.82, 2.24) is 9.80 Å². The van der Waals surface area contributed by atoms with Crippen LogP contribution in [0.1, 0.15) is 42.5 Å². The number of benzene rings is 1. The van der Waals surface area contributed by atoms with E-state index in [0.29, 0.717) is 19.6 Å². The predicted octanol–water partition coefficient (Wildman–Crippen LogP) is 4.48. The average molecular weight is 387 g/mol. The highest BCUT2D eigenvalue weighted by atomic mass is 32.1. The Morgan fingerprint density at radius 1 is 1.00 bits per heavy atom. The summed E-state index contributed by atoms with van der Waals surface area (Å²) in [5.41, 5.74) is 1.09. The van der Waals surface area contributed by atoms with E-state index >= 15 is 0 Å². The molecule has 0 saturated carbocycles. The zero-order valence-corrected chi connectivity index (χ0v) is 17.6. The summed E-state index contributed by atoms with van der Waals surface area (Å²) in [7, 11) is 0. The van der Waals surface area contributed by atoms with Gasteiger partial charge in [0, 0.05) is 28.8 Å². The molecule has 0 aliphatic rings. The zero-order chi connectivity index (χ0) is 19.8. The fraction of sp³-hybridized carbons (Fsp3) is 0.455. The van der Waals surface area contributed by atoms with Crippen molar-refractivity contribution in [1.29, 1.82) is 0 Å². The molecule has 0 fully saturated rings. The summed E-state index contributed by atoms with van der Waals surface area (Å²) in [5.74, 6) is -0.0731. The van der Waals surface area contributed by atoms with Crippen molar-refractivity contribution in [2.45, 2.75) is 47.2 Å². The van der Waals surface area contributed by atoms with Crippen molar-refractivity contribution in [2.75, 3.05) is 13.1 Å². The van der Waals surface area contributed by atoms with Gasteiger partial charge in [-0.1, -0.05) is 51.1 Å². The Balaban J connectivity index is 2.16. The average Bonchev–Trinajstić information content (AvgIpc) is 3.05. The minimum Gasteiger partial charge on any atom is -0.333 e. The largest absolute Gasteiger partial charge is 0.333 e. The van der Waals surface area contributed by atoms with Gasteiger partial charge in [0.05, 0.1) is 13.1 Å². The van der Waals surface area contributed by atoms with Gasteiger partial charge in [-0.25, -0.2) is 0 Å². The molecule has 4 nitrogen and oxygen atoms in total. The molecule has 2 aromatic rings. The van der Waals surface area contributed by atoms with Crippen LogP contribution in [0.3, 0.4) is 0 Å². The van der Waals surface area contributed by atoms with Crippen LogP contribution in [-0.2, 0) is 22.7 Å². The topological polar surface area (TPSA) is 40.6 Å². The first-order valence-electron chi connectivity index (χ1n) is 9.56. The number of hydrogen-bond acceptors (Lipinski definition) is 3. The minimum atomic E-state index is -0.105. The number of thiophene rings is 1. The van der Waals surface area contributed by atoms with Crippen LogP contribution in [0.5, 0.6) is 0 Å². The molecule has 5 heteroatoms. The Morgan fingerprint density at radius 3 is 2.26 bits per heavy atom. The maximum Gasteiger partial charge on any atom is 0.242 e. The molecule has 27 heavy (non-hydrogen) atoms.